The van der Waals surface area contributed by atoms with Gasteiger partial charge in [-0.25, -0.2) is 0 Å². The van der Waals surface area contributed by atoms with Gasteiger partial charge in [-0.3, -0.25) is 9.36 Å². The molecule has 0 saturated carbocycles. The lowest BCUT2D eigenvalue weighted by molar-refractivity contribution is -0.121. The Hall–Kier alpha value is -1.60. The normalized spacial score (nSPS) is 14.6. The first-order valence-electron chi connectivity index (χ1n) is 7.86. The second-order valence-corrected chi connectivity index (χ2v) is 7.70. The number of nitrogens with one attached hydrogen (secondary N) is 1. The van der Waals surface area contributed by atoms with Crippen molar-refractivity contribution in [1.29, 1.82) is 0 Å². The molecule has 8 nitrogen and oxygen atoms in total. The average molecular weight is 372 g/mol. The third-order valence-corrected chi connectivity index (χ3v) is 4.99. The van der Waals surface area contributed by atoms with Crippen LogP contribution in [-0.4, -0.2) is 33.4 Å². The summed E-state index contributed by atoms with van der Waals surface area (Å²) in [5.41, 5.74) is 1.84. The molecule has 0 saturated heterocycles. The van der Waals surface area contributed by atoms with E-state index in [0.29, 0.717) is 24.2 Å². The molecule has 1 rings (SSSR count). The number of amides is 1. The largest absolute Gasteiger partial charge is 0.377 e. The van der Waals surface area contributed by atoms with E-state index in [0.717, 1.165) is 5.56 Å². The zero-order valence-electron chi connectivity index (χ0n) is 15.0. The quantitative estimate of drug-likeness (QED) is 0.361. The standard InChI is InChI=1S/C16H25N2O6P/c1-12(22-2)14-10-13(7-8-15(14)18-20)11-17-16(19)6-5-9-24-25(4,21)23-3/h7-8,10,12H,5-6,9,11H2,1-4H3,(H,17,19). The molecule has 0 aliphatic heterocycles. The van der Waals surface area contributed by atoms with Gasteiger partial charge in [0.2, 0.25) is 5.91 Å². The maximum absolute atomic E-state index is 11.8. The van der Waals surface area contributed by atoms with Gasteiger partial charge in [0, 0.05) is 39.4 Å². The summed E-state index contributed by atoms with van der Waals surface area (Å²) in [5.74, 6) is -0.147. The highest BCUT2D eigenvalue weighted by molar-refractivity contribution is 7.52. The Morgan fingerprint density at radius 3 is 2.68 bits per heavy atom. The fourth-order valence-corrected chi connectivity index (χ4v) is 2.62. The summed E-state index contributed by atoms with van der Waals surface area (Å²) in [6, 6.07) is 5.13. The van der Waals surface area contributed by atoms with Crippen molar-refractivity contribution in [2.75, 3.05) is 27.5 Å². The number of nitrogens with zero attached hydrogens (tertiary/aromatic N) is 1. The average Bonchev–Trinajstić information content (AvgIpc) is 2.62. The van der Waals surface area contributed by atoms with Crippen molar-refractivity contribution >= 4 is 19.2 Å². The number of ether oxygens (including phenoxy) is 1. The number of rotatable bonds is 11. The molecule has 9 heteroatoms. The van der Waals surface area contributed by atoms with Crippen LogP contribution in [0.4, 0.5) is 5.69 Å². The fourth-order valence-electron chi connectivity index (χ4n) is 2.05. The van der Waals surface area contributed by atoms with Gasteiger partial charge in [-0.15, -0.1) is 4.91 Å². The molecule has 1 N–H and O–H groups in total. The van der Waals surface area contributed by atoms with Crippen LogP contribution in [0.1, 0.15) is 37.0 Å². The summed E-state index contributed by atoms with van der Waals surface area (Å²) in [5, 5.41) is 5.78. The van der Waals surface area contributed by atoms with Crippen molar-refractivity contribution < 1.29 is 23.1 Å². The Kier molecular flexibility index (Phi) is 8.92. The Bertz CT molecular complexity index is 637. The molecule has 2 unspecified atom stereocenters. The van der Waals surface area contributed by atoms with Gasteiger partial charge >= 0.3 is 7.60 Å². The number of hydrogen-bond donors (Lipinski definition) is 1. The van der Waals surface area contributed by atoms with Crippen LogP contribution in [0.2, 0.25) is 0 Å². The van der Waals surface area contributed by atoms with Gasteiger partial charge in [-0.2, -0.15) is 0 Å². The Labute approximate surface area is 147 Å². The Morgan fingerprint density at radius 1 is 1.36 bits per heavy atom. The molecule has 1 aromatic rings. The first-order valence-corrected chi connectivity index (χ1v) is 9.85. The molecule has 1 amide bonds. The van der Waals surface area contributed by atoms with E-state index >= 15 is 0 Å². The number of nitroso groups, excluding NO2 is 1. The van der Waals surface area contributed by atoms with E-state index in [1.807, 2.05) is 6.92 Å². The molecule has 0 aromatic heterocycles. The fraction of sp³-hybridized carbons (Fsp3) is 0.562. The number of hydrogen-bond acceptors (Lipinski definition) is 7. The van der Waals surface area contributed by atoms with Crippen molar-refractivity contribution in [2.45, 2.75) is 32.4 Å². The van der Waals surface area contributed by atoms with E-state index in [2.05, 4.69) is 10.5 Å². The predicted molar refractivity (Wildman–Crippen MR) is 94.9 cm³/mol. The topological polar surface area (TPSA) is 103 Å². The number of benzene rings is 1. The molecule has 1 aromatic carbocycles. The zero-order valence-corrected chi connectivity index (χ0v) is 15.9. The summed E-state index contributed by atoms with van der Waals surface area (Å²) < 4.78 is 26.5. The smallest absolute Gasteiger partial charge is 0.327 e. The van der Waals surface area contributed by atoms with E-state index in [9.17, 15) is 14.3 Å². The van der Waals surface area contributed by atoms with Crippen LogP contribution in [0.25, 0.3) is 0 Å². The maximum atomic E-state index is 11.8. The molecule has 0 aliphatic carbocycles. The minimum atomic E-state index is -3.00. The number of carbonyl (C=O) groups is 1. The van der Waals surface area contributed by atoms with E-state index < -0.39 is 7.60 Å². The monoisotopic (exact) mass is 372 g/mol. The first-order chi connectivity index (χ1) is 11.8. The highest BCUT2D eigenvalue weighted by atomic mass is 31.2. The lowest BCUT2D eigenvalue weighted by Gasteiger charge is -2.14. The third-order valence-electron chi connectivity index (χ3n) is 3.68. The summed E-state index contributed by atoms with van der Waals surface area (Å²) in [7, 11) is -0.133. The molecular formula is C16H25N2O6P. The minimum absolute atomic E-state index is 0.147. The van der Waals surface area contributed by atoms with Crippen molar-refractivity contribution in [1.82, 2.24) is 5.32 Å². The zero-order chi connectivity index (χ0) is 18.9. The van der Waals surface area contributed by atoms with Crippen LogP contribution in [0, 0.1) is 4.91 Å². The van der Waals surface area contributed by atoms with Gasteiger partial charge in [-0.05, 0) is 36.2 Å². The van der Waals surface area contributed by atoms with Crippen molar-refractivity contribution in [2.24, 2.45) is 5.18 Å². The third kappa shape index (κ3) is 7.44. The van der Waals surface area contributed by atoms with Crippen molar-refractivity contribution in [3.05, 3.63) is 34.2 Å². The van der Waals surface area contributed by atoms with E-state index in [4.69, 9.17) is 13.8 Å². The predicted octanol–water partition coefficient (Wildman–Crippen LogP) is 3.67. The van der Waals surface area contributed by atoms with Gasteiger partial charge in [0.15, 0.2) is 0 Å². The number of carbonyl (C=O) groups excluding carboxylic acids is 1. The highest BCUT2D eigenvalue weighted by Gasteiger charge is 2.14. The minimum Gasteiger partial charge on any atom is -0.377 e. The van der Waals surface area contributed by atoms with Crippen LogP contribution in [0.15, 0.2) is 23.4 Å². The lowest BCUT2D eigenvalue weighted by Crippen LogP contribution is -2.22. The van der Waals surface area contributed by atoms with Crippen LogP contribution < -0.4 is 5.32 Å². The van der Waals surface area contributed by atoms with Gasteiger partial charge in [0.25, 0.3) is 0 Å². The highest BCUT2D eigenvalue weighted by Crippen LogP contribution is 2.42. The molecule has 25 heavy (non-hydrogen) atoms. The molecule has 0 fully saturated rings. The van der Waals surface area contributed by atoms with E-state index in [1.165, 1.54) is 13.8 Å². The Morgan fingerprint density at radius 2 is 2.08 bits per heavy atom. The van der Waals surface area contributed by atoms with Gasteiger partial charge < -0.3 is 19.1 Å². The van der Waals surface area contributed by atoms with E-state index in [1.54, 1.807) is 25.3 Å². The van der Waals surface area contributed by atoms with Crippen LogP contribution in [0.5, 0.6) is 0 Å². The SMILES string of the molecule is COC(C)c1cc(CNC(=O)CCCOP(C)(=O)OC)ccc1N=O. The maximum Gasteiger partial charge on any atom is 0.327 e. The second-order valence-electron chi connectivity index (χ2n) is 5.53. The van der Waals surface area contributed by atoms with Crippen LogP contribution in [-0.2, 0) is 29.7 Å². The van der Waals surface area contributed by atoms with Crippen molar-refractivity contribution in [3.8, 4) is 0 Å². The van der Waals surface area contributed by atoms with Crippen molar-refractivity contribution in [3.63, 3.8) is 0 Å². The summed E-state index contributed by atoms with van der Waals surface area (Å²) >= 11 is 0. The van der Waals surface area contributed by atoms with Crippen LogP contribution in [0.3, 0.4) is 0 Å². The Balaban J connectivity index is 2.48. The molecule has 140 valence electrons. The second kappa shape index (κ2) is 10.4. The lowest BCUT2D eigenvalue weighted by atomic mass is 10.0. The van der Waals surface area contributed by atoms with Gasteiger partial charge in [0.05, 0.1) is 12.7 Å². The van der Waals surface area contributed by atoms with Crippen LogP contribution >= 0.6 is 7.60 Å². The number of methoxy groups -OCH3 is 1. The molecule has 0 heterocycles. The summed E-state index contributed by atoms with van der Waals surface area (Å²) in [4.78, 5) is 22.7. The summed E-state index contributed by atoms with van der Waals surface area (Å²) in [6.07, 6.45) is 0.414. The molecular weight excluding hydrogens is 347 g/mol. The molecule has 0 aliphatic rings. The van der Waals surface area contributed by atoms with E-state index in [-0.39, 0.29) is 25.0 Å². The molecule has 0 radical (unpaired) electrons. The van der Waals surface area contributed by atoms with Gasteiger partial charge in [-0.1, -0.05) is 6.07 Å². The van der Waals surface area contributed by atoms with Gasteiger partial charge in [0.1, 0.15) is 5.69 Å². The first kappa shape index (κ1) is 21.4. The molecule has 0 spiro atoms. The molecule has 2 atom stereocenters. The molecule has 0 bridgehead atoms. The summed E-state index contributed by atoms with van der Waals surface area (Å²) in [6.45, 7) is 3.71.